The van der Waals surface area contributed by atoms with Crippen LogP contribution in [0.2, 0.25) is 0 Å². The van der Waals surface area contributed by atoms with Crippen LogP contribution in [0.15, 0.2) is 46.9 Å². The first-order valence-electron chi connectivity index (χ1n) is 7.11. The maximum absolute atomic E-state index is 11.9. The van der Waals surface area contributed by atoms with Crippen LogP contribution in [0.1, 0.15) is 18.1 Å². The van der Waals surface area contributed by atoms with Gasteiger partial charge in [0.2, 0.25) is 0 Å². The number of aryl methyl sites for hydroxylation is 1. The van der Waals surface area contributed by atoms with Gasteiger partial charge >= 0.3 is 6.03 Å². The molecule has 2 amide bonds. The van der Waals surface area contributed by atoms with E-state index in [9.17, 15) is 4.79 Å². The van der Waals surface area contributed by atoms with Crippen molar-refractivity contribution in [3.8, 4) is 5.75 Å². The molecule has 2 rings (SSSR count). The van der Waals surface area contributed by atoms with Crippen molar-refractivity contribution < 1.29 is 9.53 Å². The fourth-order valence-corrected chi connectivity index (χ4v) is 2.53. The molecule has 0 radical (unpaired) electrons. The van der Waals surface area contributed by atoms with Gasteiger partial charge in [-0.1, -0.05) is 18.2 Å². The SMILES string of the molecule is CCOc1ccc(CNC(=O)Nc2ccc(C)cc2Br)cc1. The maximum atomic E-state index is 11.9. The fraction of sp³-hybridized carbons (Fsp3) is 0.235. The number of benzene rings is 2. The van der Waals surface area contributed by atoms with Crippen molar-refractivity contribution in [3.63, 3.8) is 0 Å². The number of anilines is 1. The molecule has 22 heavy (non-hydrogen) atoms. The molecule has 0 unspecified atom stereocenters. The first-order chi connectivity index (χ1) is 10.6. The number of rotatable bonds is 5. The van der Waals surface area contributed by atoms with Gasteiger partial charge in [-0.15, -0.1) is 0 Å². The first-order valence-corrected chi connectivity index (χ1v) is 7.90. The van der Waals surface area contributed by atoms with E-state index in [-0.39, 0.29) is 6.03 Å². The molecule has 0 spiro atoms. The molecule has 0 saturated heterocycles. The zero-order chi connectivity index (χ0) is 15.9. The summed E-state index contributed by atoms with van der Waals surface area (Å²) in [6.45, 7) is 5.05. The second kappa shape index (κ2) is 7.84. The Morgan fingerprint density at radius 1 is 1.18 bits per heavy atom. The van der Waals surface area contributed by atoms with Gasteiger partial charge in [0.1, 0.15) is 5.75 Å². The van der Waals surface area contributed by atoms with Crippen LogP contribution >= 0.6 is 15.9 Å². The predicted octanol–water partition coefficient (Wildman–Crippen LogP) is 4.48. The summed E-state index contributed by atoms with van der Waals surface area (Å²) in [6, 6.07) is 13.2. The van der Waals surface area contributed by atoms with Crippen molar-refractivity contribution in [1.82, 2.24) is 5.32 Å². The monoisotopic (exact) mass is 362 g/mol. The number of hydrogen-bond acceptors (Lipinski definition) is 2. The normalized spacial score (nSPS) is 10.1. The second-order valence-electron chi connectivity index (χ2n) is 4.87. The molecule has 2 N–H and O–H groups in total. The summed E-state index contributed by atoms with van der Waals surface area (Å²) in [7, 11) is 0. The topological polar surface area (TPSA) is 50.4 Å². The summed E-state index contributed by atoms with van der Waals surface area (Å²) < 4.78 is 6.25. The number of urea groups is 1. The Morgan fingerprint density at radius 3 is 2.55 bits per heavy atom. The quantitative estimate of drug-likeness (QED) is 0.823. The maximum Gasteiger partial charge on any atom is 0.319 e. The standard InChI is InChI=1S/C17H19BrN2O2/c1-3-22-14-7-5-13(6-8-14)11-19-17(21)20-16-9-4-12(2)10-15(16)18/h4-10H,3,11H2,1-2H3,(H2,19,20,21). The van der Waals surface area contributed by atoms with Crippen LogP contribution in [0.5, 0.6) is 5.75 Å². The molecule has 0 heterocycles. The number of carbonyl (C=O) groups excluding carboxylic acids is 1. The van der Waals surface area contributed by atoms with Crippen molar-refractivity contribution in [2.24, 2.45) is 0 Å². The third-order valence-electron chi connectivity index (χ3n) is 3.06. The Morgan fingerprint density at radius 2 is 1.91 bits per heavy atom. The minimum absolute atomic E-state index is 0.238. The number of ether oxygens (including phenoxy) is 1. The summed E-state index contributed by atoms with van der Waals surface area (Å²) in [5.74, 6) is 0.833. The van der Waals surface area contributed by atoms with E-state index < -0.39 is 0 Å². The molecule has 0 aliphatic heterocycles. The molecule has 0 aliphatic carbocycles. The second-order valence-corrected chi connectivity index (χ2v) is 5.72. The lowest BCUT2D eigenvalue weighted by Crippen LogP contribution is -2.28. The van der Waals surface area contributed by atoms with Crippen LogP contribution in [0.4, 0.5) is 10.5 Å². The summed E-state index contributed by atoms with van der Waals surface area (Å²) >= 11 is 3.44. The van der Waals surface area contributed by atoms with E-state index in [0.29, 0.717) is 13.2 Å². The lowest BCUT2D eigenvalue weighted by molar-refractivity contribution is 0.251. The van der Waals surface area contributed by atoms with Gasteiger partial charge in [0, 0.05) is 11.0 Å². The van der Waals surface area contributed by atoms with Crippen LogP contribution in [0.3, 0.4) is 0 Å². The molecule has 0 fully saturated rings. The largest absolute Gasteiger partial charge is 0.494 e. The van der Waals surface area contributed by atoms with Crippen molar-refractivity contribution in [3.05, 3.63) is 58.1 Å². The van der Waals surface area contributed by atoms with Crippen LogP contribution in [0.25, 0.3) is 0 Å². The van der Waals surface area contributed by atoms with E-state index >= 15 is 0 Å². The fourth-order valence-electron chi connectivity index (χ4n) is 1.94. The Labute approximate surface area is 139 Å². The van der Waals surface area contributed by atoms with Gasteiger partial charge in [0.05, 0.1) is 12.3 Å². The molecule has 5 heteroatoms. The van der Waals surface area contributed by atoms with Crippen molar-refractivity contribution in [1.29, 1.82) is 0 Å². The number of nitrogens with one attached hydrogen (secondary N) is 2. The zero-order valence-electron chi connectivity index (χ0n) is 12.7. The van der Waals surface area contributed by atoms with Crippen molar-refractivity contribution >= 4 is 27.6 Å². The van der Waals surface area contributed by atoms with E-state index in [1.807, 2.05) is 56.3 Å². The Bertz CT molecular complexity index is 642. The number of hydrogen-bond donors (Lipinski definition) is 2. The van der Waals surface area contributed by atoms with Gasteiger partial charge in [0.15, 0.2) is 0 Å². The van der Waals surface area contributed by atoms with Gasteiger partial charge < -0.3 is 15.4 Å². The van der Waals surface area contributed by atoms with E-state index in [1.165, 1.54) is 0 Å². The molecule has 4 nitrogen and oxygen atoms in total. The van der Waals surface area contributed by atoms with Gasteiger partial charge in [-0.3, -0.25) is 0 Å². The van der Waals surface area contributed by atoms with Gasteiger partial charge in [-0.05, 0) is 65.2 Å². The van der Waals surface area contributed by atoms with Crippen molar-refractivity contribution in [2.45, 2.75) is 20.4 Å². The molecule has 0 bridgehead atoms. The van der Waals surface area contributed by atoms with E-state index in [0.717, 1.165) is 27.0 Å². The van der Waals surface area contributed by atoms with Crippen LogP contribution in [0, 0.1) is 6.92 Å². The molecule has 0 saturated carbocycles. The lowest BCUT2D eigenvalue weighted by Gasteiger charge is -2.10. The smallest absolute Gasteiger partial charge is 0.319 e. The summed E-state index contributed by atoms with van der Waals surface area (Å²) in [6.07, 6.45) is 0. The van der Waals surface area contributed by atoms with Crippen LogP contribution in [-0.4, -0.2) is 12.6 Å². The Kier molecular flexibility index (Phi) is 5.83. The predicted molar refractivity (Wildman–Crippen MR) is 92.3 cm³/mol. The highest BCUT2D eigenvalue weighted by Crippen LogP contribution is 2.23. The average Bonchev–Trinajstić information content (AvgIpc) is 2.50. The molecule has 2 aromatic carbocycles. The highest BCUT2D eigenvalue weighted by atomic mass is 79.9. The summed E-state index contributed by atoms with van der Waals surface area (Å²) in [5.41, 5.74) is 2.89. The highest BCUT2D eigenvalue weighted by Gasteiger charge is 2.05. The Hall–Kier alpha value is -2.01. The first kappa shape index (κ1) is 16.4. The van der Waals surface area contributed by atoms with E-state index in [1.54, 1.807) is 0 Å². The van der Waals surface area contributed by atoms with Crippen molar-refractivity contribution in [2.75, 3.05) is 11.9 Å². The van der Waals surface area contributed by atoms with Gasteiger partial charge in [0.25, 0.3) is 0 Å². The van der Waals surface area contributed by atoms with E-state index in [2.05, 4.69) is 26.6 Å². The molecular weight excluding hydrogens is 344 g/mol. The van der Waals surface area contributed by atoms with Gasteiger partial charge in [-0.2, -0.15) is 0 Å². The highest BCUT2D eigenvalue weighted by molar-refractivity contribution is 9.10. The minimum Gasteiger partial charge on any atom is -0.494 e. The molecule has 0 atom stereocenters. The molecule has 0 aliphatic rings. The minimum atomic E-state index is -0.238. The number of carbonyl (C=O) groups is 1. The third-order valence-corrected chi connectivity index (χ3v) is 3.72. The number of amides is 2. The number of halogens is 1. The molecule has 0 aromatic heterocycles. The van der Waals surface area contributed by atoms with E-state index in [4.69, 9.17) is 4.74 Å². The average molecular weight is 363 g/mol. The Balaban J connectivity index is 1.87. The van der Waals surface area contributed by atoms with Gasteiger partial charge in [-0.25, -0.2) is 4.79 Å². The summed E-state index contributed by atoms with van der Waals surface area (Å²) in [5, 5.41) is 5.65. The van der Waals surface area contributed by atoms with Crippen LogP contribution in [-0.2, 0) is 6.54 Å². The zero-order valence-corrected chi connectivity index (χ0v) is 14.2. The molecule has 116 valence electrons. The molecule has 2 aromatic rings. The third kappa shape index (κ3) is 4.77. The molecular formula is C17H19BrN2O2. The van der Waals surface area contributed by atoms with Crippen LogP contribution < -0.4 is 15.4 Å². The summed E-state index contributed by atoms with van der Waals surface area (Å²) in [4.78, 5) is 11.9. The lowest BCUT2D eigenvalue weighted by atomic mass is 10.2.